The smallest absolute Gasteiger partial charge is 0.244 e. The SMILES string of the molecule is [CH2]c1ccnc([S+](C)[O-])c1. The summed E-state index contributed by atoms with van der Waals surface area (Å²) in [6.45, 7) is 3.69. The van der Waals surface area contributed by atoms with E-state index in [0.717, 1.165) is 5.56 Å². The lowest BCUT2D eigenvalue weighted by molar-refractivity contribution is 0.597. The molecule has 0 spiro atoms. The molecule has 1 rings (SSSR count). The van der Waals surface area contributed by atoms with Crippen molar-refractivity contribution in [2.75, 3.05) is 6.26 Å². The average molecular weight is 154 g/mol. The second-order valence-electron chi connectivity index (χ2n) is 1.96. The van der Waals surface area contributed by atoms with Crippen molar-refractivity contribution in [1.82, 2.24) is 4.98 Å². The molecule has 1 unspecified atom stereocenters. The fourth-order valence-electron chi connectivity index (χ4n) is 0.608. The molecule has 0 aliphatic rings. The molecule has 10 heavy (non-hydrogen) atoms. The van der Waals surface area contributed by atoms with Crippen molar-refractivity contribution in [2.45, 2.75) is 5.03 Å². The van der Waals surface area contributed by atoms with Gasteiger partial charge in [-0.2, -0.15) is 0 Å². The molecule has 1 aromatic rings. The molecule has 1 aromatic heterocycles. The van der Waals surface area contributed by atoms with E-state index < -0.39 is 11.2 Å². The van der Waals surface area contributed by atoms with Crippen molar-refractivity contribution >= 4 is 11.2 Å². The Hall–Kier alpha value is -0.540. The molecule has 1 radical (unpaired) electrons. The van der Waals surface area contributed by atoms with Gasteiger partial charge >= 0.3 is 0 Å². The molecule has 53 valence electrons. The monoisotopic (exact) mass is 154 g/mol. The quantitative estimate of drug-likeness (QED) is 0.566. The van der Waals surface area contributed by atoms with E-state index in [1.807, 2.05) is 0 Å². The molecular weight excluding hydrogens is 146 g/mol. The lowest BCUT2D eigenvalue weighted by Crippen LogP contribution is -1.99. The zero-order valence-corrected chi connectivity index (χ0v) is 6.52. The van der Waals surface area contributed by atoms with Crippen molar-refractivity contribution in [1.29, 1.82) is 0 Å². The lowest BCUT2D eigenvalue weighted by Gasteiger charge is -2.01. The first-order chi connectivity index (χ1) is 4.70. The molecule has 0 fully saturated rings. The third-order valence-corrected chi connectivity index (χ3v) is 1.91. The van der Waals surface area contributed by atoms with Crippen LogP contribution in [0.5, 0.6) is 0 Å². The zero-order chi connectivity index (χ0) is 7.56. The van der Waals surface area contributed by atoms with E-state index in [1.54, 1.807) is 24.6 Å². The number of hydrogen-bond acceptors (Lipinski definition) is 2. The van der Waals surface area contributed by atoms with Gasteiger partial charge in [0.05, 0.1) is 0 Å². The molecule has 2 nitrogen and oxygen atoms in total. The average Bonchev–Trinajstić information content (AvgIpc) is 1.88. The van der Waals surface area contributed by atoms with Crippen LogP contribution in [0.15, 0.2) is 23.4 Å². The molecule has 0 N–H and O–H groups in total. The Morgan fingerprint density at radius 2 is 2.40 bits per heavy atom. The maximum absolute atomic E-state index is 10.8. The highest BCUT2D eigenvalue weighted by atomic mass is 32.2. The molecule has 0 aliphatic heterocycles. The Kier molecular flexibility index (Phi) is 2.29. The van der Waals surface area contributed by atoms with Crippen molar-refractivity contribution in [3.8, 4) is 0 Å². The van der Waals surface area contributed by atoms with E-state index in [4.69, 9.17) is 0 Å². The summed E-state index contributed by atoms with van der Waals surface area (Å²) in [6, 6.07) is 3.49. The summed E-state index contributed by atoms with van der Waals surface area (Å²) >= 11 is -0.990. The maximum Gasteiger partial charge on any atom is 0.244 e. The van der Waals surface area contributed by atoms with E-state index in [0.29, 0.717) is 5.03 Å². The number of aromatic nitrogens is 1. The van der Waals surface area contributed by atoms with Gasteiger partial charge < -0.3 is 4.55 Å². The summed E-state index contributed by atoms with van der Waals surface area (Å²) in [5.41, 5.74) is 0.847. The standard InChI is InChI=1S/C7H8NOS/c1-6-3-4-8-7(5-6)10(2)9/h3-5H,1H2,2H3. The van der Waals surface area contributed by atoms with E-state index in [2.05, 4.69) is 11.9 Å². The minimum atomic E-state index is -0.990. The fraction of sp³-hybridized carbons (Fsp3) is 0.143. The highest BCUT2D eigenvalue weighted by molar-refractivity contribution is 7.90. The Balaban J connectivity index is 2.96. The van der Waals surface area contributed by atoms with Crippen LogP contribution in [0.3, 0.4) is 0 Å². The van der Waals surface area contributed by atoms with Crippen LogP contribution in [0.4, 0.5) is 0 Å². The first-order valence-corrected chi connectivity index (χ1v) is 4.37. The minimum Gasteiger partial charge on any atom is -0.610 e. The third kappa shape index (κ3) is 1.72. The largest absolute Gasteiger partial charge is 0.610 e. The van der Waals surface area contributed by atoms with Crippen molar-refractivity contribution < 1.29 is 4.55 Å². The van der Waals surface area contributed by atoms with Gasteiger partial charge in [-0.3, -0.25) is 0 Å². The van der Waals surface area contributed by atoms with Gasteiger partial charge in [0, 0.05) is 23.4 Å². The fourth-order valence-corrected chi connectivity index (χ4v) is 1.13. The summed E-state index contributed by atoms with van der Waals surface area (Å²) in [7, 11) is 0. The second kappa shape index (κ2) is 3.03. The van der Waals surface area contributed by atoms with E-state index >= 15 is 0 Å². The molecule has 0 saturated heterocycles. The van der Waals surface area contributed by atoms with E-state index in [-0.39, 0.29) is 0 Å². The molecule has 0 saturated carbocycles. The predicted molar refractivity (Wildman–Crippen MR) is 41.0 cm³/mol. The maximum atomic E-state index is 10.8. The molecule has 0 bridgehead atoms. The minimum absolute atomic E-state index is 0.590. The van der Waals surface area contributed by atoms with Gasteiger partial charge in [0.25, 0.3) is 0 Å². The van der Waals surface area contributed by atoms with Crippen molar-refractivity contribution in [3.63, 3.8) is 0 Å². The van der Waals surface area contributed by atoms with Crippen LogP contribution >= 0.6 is 0 Å². The number of pyridine rings is 1. The number of hydrogen-bond donors (Lipinski definition) is 0. The summed E-state index contributed by atoms with van der Waals surface area (Å²) < 4.78 is 10.8. The number of rotatable bonds is 1. The van der Waals surface area contributed by atoms with Crippen LogP contribution < -0.4 is 0 Å². The summed E-state index contributed by atoms with van der Waals surface area (Å²) in [5.74, 6) is 0. The van der Waals surface area contributed by atoms with Crippen molar-refractivity contribution in [3.05, 3.63) is 30.8 Å². The zero-order valence-electron chi connectivity index (χ0n) is 5.70. The molecule has 1 heterocycles. The van der Waals surface area contributed by atoms with Crippen LogP contribution in [0.2, 0.25) is 0 Å². The van der Waals surface area contributed by atoms with Gasteiger partial charge in [0.1, 0.15) is 6.26 Å². The van der Waals surface area contributed by atoms with Crippen LogP contribution in [0, 0.1) is 6.92 Å². The van der Waals surface area contributed by atoms with Gasteiger partial charge in [-0.25, -0.2) is 4.98 Å². The second-order valence-corrected chi connectivity index (χ2v) is 3.28. The summed E-state index contributed by atoms with van der Waals surface area (Å²) in [4.78, 5) is 3.90. The van der Waals surface area contributed by atoms with Crippen LogP contribution in [0.1, 0.15) is 5.56 Å². The van der Waals surface area contributed by atoms with Crippen LogP contribution in [0.25, 0.3) is 0 Å². The Bertz CT molecular complexity index is 225. The first-order valence-electron chi connectivity index (χ1n) is 2.81. The van der Waals surface area contributed by atoms with Gasteiger partial charge in [-0.05, 0) is 18.6 Å². The Morgan fingerprint density at radius 1 is 1.70 bits per heavy atom. The third-order valence-electron chi connectivity index (χ3n) is 1.09. The van der Waals surface area contributed by atoms with Gasteiger partial charge in [0.2, 0.25) is 5.03 Å². The molecule has 3 heteroatoms. The predicted octanol–water partition coefficient (Wildman–Crippen LogP) is 1.00. The molecule has 1 atom stereocenters. The summed E-state index contributed by atoms with van der Waals surface area (Å²) in [6.07, 6.45) is 3.21. The van der Waals surface area contributed by atoms with E-state index in [9.17, 15) is 4.55 Å². The molecule has 0 aromatic carbocycles. The Labute approximate surface area is 63.5 Å². The Morgan fingerprint density at radius 3 is 2.80 bits per heavy atom. The van der Waals surface area contributed by atoms with Crippen LogP contribution in [-0.4, -0.2) is 15.8 Å². The van der Waals surface area contributed by atoms with Crippen molar-refractivity contribution in [2.24, 2.45) is 0 Å². The molecule has 0 aliphatic carbocycles. The lowest BCUT2D eigenvalue weighted by atomic mass is 10.3. The van der Waals surface area contributed by atoms with Gasteiger partial charge in [-0.15, -0.1) is 0 Å². The number of nitrogens with zero attached hydrogens (tertiary/aromatic N) is 1. The molecular formula is C7H8NOS. The van der Waals surface area contributed by atoms with Gasteiger partial charge in [-0.1, -0.05) is 0 Å². The first kappa shape index (κ1) is 7.57. The molecule has 0 amide bonds. The van der Waals surface area contributed by atoms with Crippen LogP contribution in [-0.2, 0) is 11.2 Å². The highest BCUT2D eigenvalue weighted by Gasteiger charge is 2.03. The topological polar surface area (TPSA) is 36.0 Å². The summed E-state index contributed by atoms with van der Waals surface area (Å²) in [5, 5.41) is 0.590. The highest BCUT2D eigenvalue weighted by Crippen LogP contribution is 2.05. The normalized spacial score (nSPS) is 13.1. The van der Waals surface area contributed by atoms with Gasteiger partial charge in [0.15, 0.2) is 0 Å². The van der Waals surface area contributed by atoms with E-state index in [1.165, 1.54) is 0 Å².